The van der Waals surface area contributed by atoms with Gasteiger partial charge in [0.1, 0.15) is 5.75 Å². The molecule has 46 heavy (non-hydrogen) atoms. The number of carbonyl (C=O) groups excluding carboxylic acids is 1. The van der Waals surface area contributed by atoms with Crippen molar-refractivity contribution in [1.29, 1.82) is 5.41 Å². The van der Waals surface area contributed by atoms with Crippen LogP contribution in [0.1, 0.15) is 79.9 Å². The maximum absolute atomic E-state index is 13.2. The van der Waals surface area contributed by atoms with Crippen LogP contribution in [0.4, 0.5) is 13.2 Å². The molecule has 0 saturated carbocycles. The predicted molar refractivity (Wildman–Crippen MR) is 183 cm³/mol. The summed E-state index contributed by atoms with van der Waals surface area (Å²) in [5.74, 6) is -0.955. The normalized spacial score (nSPS) is 11.1. The number of halogens is 3. The minimum atomic E-state index is -4.81. The third kappa shape index (κ3) is 11.9. The number of Topliss-reactive ketones (excluding diaryl/α,β-unsaturated/α-hetero) is 1. The molecule has 4 aromatic carbocycles. The number of ketones is 1. The van der Waals surface area contributed by atoms with Crippen molar-refractivity contribution in [2.75, 3.05) is 0 Å². The Bertz CT molecular complexity index is 1560. The number of aliphatic hydroxyl groups is 1. The molecule has 4 nitrogen and oxygen atoms in total. The van der Waals surface area contributed by atoms with Gasteiger partial charge in [-0.2, -0.15) is 0 Å². The minimum Gasteiger partial charge on any atom is -0.513 e. The van der Waals surface area contributed by atoms with E-state index >= 15 is 0 Å². The van der Waals surface area contributed by atoms with Crippen LogP contribution in [0.25, 0.3) is 16.7 Å². The van der Waals surface area contributed by atoms with Gasteiger partial charge in [0.25, 0.3) is 0 Å². The Morgan fingerprint density at radius 2 is 1.30 bits per heavy atom. The summed E-state index contributed by atoms with van der Waals surface area (Å²) < 4.78 is 41.4. The number of ether oxygens (including phenoxy) is 1. The highest BCUT2D eigenvalue weighted by Gasteiger charge is 2.31. The molecule has 7 heteroatoms. The summed E-state index contributed by atoms with van der Waals surface area (Å²) >= 11 is 0. The third-order valence-electron chi connectivity index (χ3n) is 6.80. The highest BCUT2D eigenvalue weighted by Crippen LogP contribution is 2.30. The van der Waals surface area contributed by atoms with E-state index in [9.17, 15) is 18.0 Å². The molecule has 4 rings (SSSR count). The SMILES string of the molecule is C=C(C)c1ccc(C(CC(=O)c2ccc(OC(F)(F)F)cc2)C(=N)c2ccc(-c3ccccc3)cc2)cc1.C=C(O)CCC.CC. The van der Waals surface area contributed by atoms with Gasteiger partial charge in [0.15, 0.2) is 5.78 Å². The second-order valence-electron chi connectivity index (χ2n) is 10.3. The van der Waals surface area contributed by atoms with Gasteiger partial charge < -0.3 is 15.3 Å². The largest absolute Gasteiger partial charge is 0.573 e. The molecule has 0 spiro atoms. The van der Waals surface area contributed by atoms with Gasteiger partial charge in [0.05, 0.1) is 5.76 Å². The van der Waals surface area contributed by atoms with Gasteiger partial charge in [0, 0.05) is 30.0 Å². The highest BCUT2D eigenvalue weighted by molar-refractivity contribution is 6.07. The van der Waals surface area contributed by atoms with Gasteiger partial charge >= 0.3 is 6.36 Å². The smallest absolute Gasteiger partial charge is 0.513 e. The number of benzene rings is 4. The van der Waals surface area contributed by atoms with Crippen molar-refractivity contribution in [3.8, 4) is 16.9 Å². The number of hydrogen-bond acceptors (Lipinski definition) is 4. The summed E-state index contributed by atoms with van der Waals surface area (Å²) in [5, 5.41) is 17.4. The van der Waals surface area contributed by atoms with E-state index in [2.05, 4.69) is 17.9 Å². The van der Waals surface area contributed by atoms with E-state index in [4.69, 9.17) is 10.5 Å². The second-order valence-corrected chi connectivity index (χ2v) is 10.3. The number of hydrogen-bond donors (Lipinski definition) is 2. The van der Waals surface area contributed by atoms with E-state index in [0.29, 0.717) is 5.56 Å². The van der Waals surface area contributed by atoms with E-state index in [1.165, 1.54) is 12.1 Å². The topological polar surface area (TPSA) is 70.4 Å². The Morgan fingerprint density at radius 3 is 1.76 bits per heavy atom. The monoisotopic (exact) mass is 629 g/mol. The van der Waals surface area contributed by atoms with Crippen molar-refractivity contribution in [2.24, 2.45) is 0 Å². The molecule has 242 valence electrons. The zero-order valence-corrected chi connectivity index (χ0v) is 26.8. The van der Waals surface area contributed by atoms with E-state index in [0.717, 1.165) is 52.8 Å². The lowest BCUT2D eigenvalue weighted by molar-refractivity contribution is -0.274. The lowest BCUT2D eigenvalue weighted by atomic mass is 9.84. The van der Waals surface area contributed by atoms with Gasteiger partial charge in [-0.25, -0.2) is 0 Å². The molecule has 0 saturated heterocycles. The lowest BCUT2D eigenvalue weighted by Crippen LogP contribution is -2.18. The Hall–Kier alpha value is -4.91. The third-order valence-corrected chi connectivity index (χ3v) is 6.80. The number of carbonyl (C=O) groups is 1. The van der Waals surface area contributed by atoms with E-state index in [1.807, 2.05) is 107 Å². The van der Waals surface area contributed by atoms with Gasteiger partial charge in [0.2, 0.25) is 0 Å². The molecule has 1 unspecified atom stereocenters. The van der Waals surface area contributed by atoms with Crippen LogP contribution in [-0.2, 0) is 0 Å². The van der Waals surface area contributed by atoms with Gasteiger partial charge in [-0.1, -0.05) is 118 Å². The molecule has 1 atom stereocenters. The average molecular weight is 630 g/mol. The predicted octanol–water partition coefficient (Wildman–Crippen LogP) is 11.6. The fourth-order valence-electron chi connectivity index (χ4n) is 4.49. The molecule has 0 heterocycles. The first kappa shape index (κ1) is 37.3. The van der Waals surface area contributed by atoms with E-state index in [1.54, 1.807) is 0 Å². The summed E-state index contributed by atoms with van der Waals surface area (Å²) in [6, 6.07) is 30.0. The average Bonchev–Trinajstić information content (AvgIpc) is 3.04. The van der Waals surface area contributed by atoms with Crippen LogP contribution >= 0.6 is 0 Å². The zero-order chi connectivity index (χ0) is 34.3. The van der Waals surface area contributed by atoms with Crippen molar-refractivity contribution in [3.63, 3.8) is 0 Å². The van der Waals surface area contributed by atoms with Crippen LogP contribution < -0.4 is 4.74 Å². The first-order valence-electron chi connectivity index (χ1n) is 15.1. The van der Waals surface area contributed by atoms with Crippen LogP contribution in [0, 0.1) is 5.41 Å². The van der Waals surface area contributed by atoms with Crippen molar-refractivity contribution in [3.05, 3.63) is 144 Å². The number of aliphatic hydroxyl groups excluding tert-OH is 1. The number of alkyl halides is 3. The molecule has 4 aromatic rings. The number of allylic oxidation sites excluding steroid dienone is 2. The molecule has 0 aliphatic heterocycles. The van der Waals surface area contributed by atoms with Crippen molar-refractivity contribution < 1.29 is 27.8 Å². The first-order chi connectivity index (χ1) is 21.9. The highest BCUT2D eigenvalue weighted by atomic mass is 19.4. The maximum Gasteiger partial charge on any atom is 0.573 e. The summed E-state index contributed by atoms with van der Waals surface area (Å²) in [7, 11) is 0. The summed E-state index contributed by atoms with van der Waals surface area (Å²) in [5.41, 5.74) is 5.92. The maximum atomic E-state index is 13.2. The fraction of sp³-hybridized carbons (Fsp3) is 0.231. The van der Waals surface area contributed by atoms with E-state index < -0.39 is 18.0 Å². The molecule has 0 aliphatic carbocycles. The summed E-state index contributed by atoms with van der Waals surface area (Å²) in [4.78, 5) is 13.2. The van der Waals surface area contributed by atoms with Crippen LogP contribution in [-0.4, -0.2) is 23.0 Å². The van der Waals surface area contributed by atoms with Crippen LogP contribution in [0.3, 0.4) is 0 Å². The molecule has 0 fully saturated rings. The molecule has 0 aliphatic rings. The van der Waals surface area contributed by atoms with Crippen molar-refractivity contribution in [1.82, 2.24) is 0 Å². The van der Waals surface area contributed by atoms with Gasteiger partial charge in [-0.3, -0.25) is 4.79 Å². The number of rotatable bonds is 11. The lowest BCUT2D eigenvalue weighted by Gasteiger charge is -2.20. The Balaban J connectivity index is 0.000000826. The Kier molecular flexibility index (Phi) is 14.7. The molecular formula is C39H42F3NO3. The van der Waals surface area contributed by atoms with Crippen LogP contribution in [0.15, 0.2) is 122 Å². The second kappa shape index (κ2) is 18.2. The molecule has 0 bridgehead atoms. The van der Waals surface area contributed by atoms with Crippen LogP contribution in [0.5, 0.6) is 5.75 Å². The molecule has 0 amide bonds. The van der Waals surface area contributed by atoms with Crippen molar-refractivity contribution in [2.45, 2.75) is 59.2 Å². The quantitative estimate of drug-likeness (QED) is 0.0985. The van der Waals surface area contributed by atoms with Gasteiger partial charge in [-0.05, 0) is 65.4 Å². The minimum absolute atomic E-state index is 0.0227. The zero-order valence-electron chi connectivity index (χ0n) is 26.8. The van der Waals surface area contributed by atoms with Crippen LogP contribution in [0.2, 0.25) is 0 Å². The molecule has 0 radical (unpaired) electrons. The van der Waals surface area contributed by atoms with Crippen molar-refractivity contribution >= 4 is 17.1 Å². The summed E-state index contributed by atoms with van der Waals surface area (Å²) in [6.45, 7) is 15.2. The Labute approximate surface area is 270 Å². The first-order valence-corrected chi connectivity index (χ1v) is 15.1. The van der Waals surface area contributed by atoms with Gasteiger partial charge in [-0.15, -0.1) is 13.2 Å². The molecule has 0 aromatic heterocycles. The summed E-state index contributed by atoms with van der Waals surface area (Å²) in [6.07, 6.45) is -3.11. The Morgan fingerprint density at radius 1 is 0.804 bits per heavy atom. The molecule has 2 N–H and O–H groups in total. The fourth-order valence-corrected chi connectivity index (χ4v) is 4.49. The number of nitrogens with one attached hydrogen (secondary N) is 1. The van der Waals surface area contributed by atoms with E-state index in [-0.39, 0.29) is 29.2 Å². The molecular weight excluding hydrogens is 587 g/mol. The standard InChI is InChI=1S/C32H26F3NO2.C5H10O.C2H6/c1-21(2)22-8-12-25(13-9-22)29(20-30(37)26-16-18-28(19-17-26)38-32(33,34)35)31(36)27-14-10-24(11-15-27)23-6-4-3-5-7-23;1-3-4-5(2)6;1-2/h3-19,29,36H,1,20H2,2H3;6H,2-4H2,1H3;1-2H3.